The van der Waals surface area contributed by atoms with Gasteiger partial charge in [0, 0.05) is 17.8 Å². The molecule has 4 fully saturated rings. The first kappa shape index (κ1) is 23.8. The van der Waals surface area contributed by atoms with Crippen molar-refractivity contribution >= 4 is 11.6 Å². The Bertz CT molecular complexity index is 682. The number of hydrogen-bond donors (Lipinski definition) is 0. The summed E-state index contributed by atoms with van der Waals surface area (Å²) in [5.41, 5.74) is 0.785. The third-order valence-electron chi connectivity index (χ3n) is 11.2. The van der Waals surface area contributed by atoms with E-state index >= 15 is 0 Å². The van der Waals surface area contributed by atoms with Crippen molar-refractivity contribution in [3.05, 3.63) is 10.1 Å². The van der Waals surface area contributed by atoms with E-state index in [-0.39, 0.29) is 10.3 Å². The fourth-order valence-electron chi connectivity index (χ4n) is 9.39. The number of rotatable bonds is 6. The maximum atomic E-state index is 11.6. The van der Waals surface area contributed by atoms with Crippen LogP contribution in [0.3, 0.4) is 0 Å². The highest BCUT2D eigenvalue weighted by Gasteiger charge is 2.63. The minimum Gasteiger partial charge on any atom is -0.263 e. The molecule has 0 saturated heterocycles. The van der Waals surface area contributed by atoms with Crippen molar-refractivity contribution in [3.8, 4) is 0 Å². The summed E-state index contributed by atoms with van der Waals surface area (Å²) in [6.07, 6.45) is 14.2. The Labute approximate surface area is 195 Å². The number of fused-ring (bicyclic) bond motifs is 5. The van der Waals surface area contributed by atoms with E-state index in [1.54, 1.807) is 0 Å². The van der Waals surface area contributed by atoms with Gasteiger partial charge in [-0.05, 0) is 109 Å². The lowest BCUT2D eigenvalue weighted by Crippen LogP contribution is -2.56. The van der Waals surface area contributed by atoms with Gasteiger partial charge in [-0.25, -0.2) is 0 Å². The van der Waals surface area contributed by atoms with Crippen molar-refractivity contribution in [1.82, 2.24) is 0 Å². The van der Waals surface area contributed by atoms with E-state index in [9.17, 15) is 10.1 Å². The zero-order valence-electron chi connectivity index (χ0n) is 20.7. The highest BCUT2D eigenvalue weighted by Crippen LogP contribution is 2.69. The van der Waals surface area contributed by atoms with Gasteiger partial charge in [0.05, 0.1) is 0 Å². The van der Waals surface area contributed by atoms with Crippen LogP contribution in [-0.4, -0.2) is 9.92 Å². The van der Waals surface area contributed by atoms with Crippen molar-refractivity contribution in [1.29, 1.82) is 0 Å². The van der Waals surface area contributed by atoms with Gasteiger partial charge in [0.1, 0.15) is 0 Å². The zero-order chi connectivity index (χ0) is 22.6. The van der Waals surface area contributed by atoms with E-state index in [1.165, 1.54) is 51.4 Å². The van der Waals surface area contributed by atoms with Gasteiger partial charge in [0.25, 0.3) is 5.00 Å². The number of nitrogens with zero attached hydrogens (tertiary/aromatic N) is 1. The zero-order valence-corrected chi connectivity index (χ0v) is 21.4. The Morgan fingerprint density at radius 2 is 1.65 bits per heavy atom. The van der Waals surface area contributed by atoms with Crippen LogP contribution in [0, 0.1) is 62.4 Å². The van der Waals surface area contributed by atoms with Gasteiger partial charge in [0.15, 0.2) is 0 Å². The second-order valence-electron chi connectivity index (χ2n) is 13.1. The summed E-state index contributed by atoms with van der Waals surface area (Å²) < 4.78 is 0. The van der Waals surface area contributed by atoms with E-state index in [0.29, 0.717) is 24.2 Å². The SMILES string of the molecule is CC(C)CCC[C@@H](C)[C@@H]1CC[C@@H]2[C@@H]3CC[C@H]4C[C@@](Cl)([N+](=O)[O-])CC[C@]4(C)[C@@H]3CC[C@@]21C. The standard InChI is InChI=1S/C27H46ClNO2/c1-18(2)7-6-8-19(3)22-11-12-23-21-10-9-20-17-27(28,29(30)31)16-15-25(20,4)24(21)13-14-26(22,23)5/h18-24H,6-17H2,1-5H3/t19-,20+,21+,22+,23-,24-,25+,26-,27+/m1/s1. The molecule has 4 saturated carbocycles. The van der Waals surface area contributed by atoms with Crippen molar-refractivity contribution in [3.63, 3.8) is 0 Å². The number of halogens is 1. The van der Waals surface area contributed by atoms with Crippen LogP contribution in [0.15, 0.2) is 0 Å². The summed E-state index contributed by atoms with van der Waals surface area (Å²) in [5, 5.41) is 11.6. The molecule has 0 unspecified atom stereocenters. The molecule has 3 nitrogen and oxygen atoms in total. The molecule has 0 aromatic heterocycles. The average molecular weight is 452 g/mol. The van der Waals surface area contributed by atoms with Crippen molar-refractivity contribution < 1.29 is 4.92 Å². The summed E-state index contributed by atoms with van der Waals surface area (Å²) >= 11 is 6.49. The molecule has 4 aliphatic carbocycles. The Morgan fingerprint density at radius 3 is 2.32 bits per heavy atom. The molecule has 0 bridgehead atoms. The van der Waals surface area contributed by atoms with Crippen molar-refractivity contribution in [2.24, 2.45) is 52.3 Å². The van der Waals surface area contributed by atoms with Crippen LogP contribution in [0.1, 0.15) is 112 Å². The van der Waals surface area contributed by atoms with Gasteiger partial charge >= 0.3 is 0 Å². The molecule has 0 heterocycles. The largest absolute Gasteiger partial charge is 0.295 e. The van der Waals surface area contributed by atoms with E-state index < -0.39 is 5.00 Å². The highest BCUT2D eigenvalue weighted by atomic mass is 35.5. The predicted octanol–water partition coefficient (Wildman–Crippen LogP) is 8.32. The lowest BCUT2D eigenvalue weighted by Gasteiger charge is -2.61. The predicted molar refractivity (Wildman–Crippen MR) is 129 cm³/mol. The molecular formula is C27H46ClNO2. The van der Waals surface area contributed by atoms with Gasteiger partial charge in [0.2, 0.25) is 0 Å². The first-order valence-electron chi connectivity index (χ1n) is 13.3. The molecule has 0 amide bonds. The van der Waals surface area contributed by atoms with Crippen LogP contribution in [0.5, 0.6) is 0 Å². The summed E-state index contributed by atoms with van der Waals surface area (Å²) in [5.74, 6) is 5.47. The van der Waals surface area contributed by atoms with E-state index in [4.69, 9.17) is 11.6 Å². The third kappa shape index (κ3) is 3.97. The van der Waals surface area contributed by atoms with Gasteiger partial charge in [-0.2, -0.15) is 0 Å². The lowest BCUT2D eigenvalue weighted by atomic mass is 9.44. The molecule has 31 heavy (non-hydrogen) atoms. The van der Waals surface area contributed by atoms with Crippen LogP contribution in [0.4, 0.5) is 0 Å². The monoisotopic (exact) mass is 451 g/mol. The average Bonchev–Trinajstić information content (AvgIpc) is 3.05. The molecule has 0 radical (unpaired) electrons. The fraction of sp³-hybridized carbons (Fsp3) is 1.00. The van der Waals surface area contributed by atoms with Crippen LogP contribution in [0.25, 0.3) is 0 Å². The van der Waals surface area contributed by atoms with Crippen LogP contribution >= 0.6 is 11.6 Å². The molecule has 4 rings (SSSR count). The number of hydrogen-bond acceptors (Lipinski definition) is 2. The quantitative estimate of drug-likeness (QED) is 0.176. The molecule has 0 aromatic carbocycles. The van der Waals surface area contributed by atoms with Crippen LogP contribution in [0.2, 0.25) is 0 Å². The minimum atomic E-state index is -1.20. The minimum absolute atomic E-state index is 0.194. The highest BCUT2D eigenvalue weighted by molar-refractivity contribution is 6.22. The van der Waals surface area contributed by atoms with Crippen molar-refractivity contribution in [2.75, 3.05) is 0 Å². The Morgan fingerprint density at radius 1 is 0.935 bits per heavy atom. The maximum absolute atomic E-state index is 11.6. The molecular weight excluding hydrogens is 406 g/mol. The summed E-state index contributed by atoms with van der Waals surface area (Å²) in [7, 11) is 0. The van der Waals surface area contributed by atoms with Crippen LogP contribution in [-0.2, 0) is 0 Å². The molecule has 4 heteroatoms. The topological polar surface area (TPSA) is 43.1 Å². The molecule has 178 valence electrons. The Kier molecular flexibility index (Phi) is 6.52. The van der Waals surface area contributed by atoms with Gasteiger partial charge in [-0.15, -0.1) is 0 Å². The molecule has 0 N–H and O–H groups in total. The smallest absolute Gasteiger partial charge is 0.263 e. The second kappa shape index (κ2) is 8.48. The third-order valence-corrected chi connectivity index (χ3v) is 11.7. The normalized spacial score (nSPS) is 48.0. The summed E-state index contributed by atoms with van der Waals surface area (Å²) in [4.78, 5) is 10.2. The summed E-state index contributed by atoms with van der Waals surface area (Å²) in [6, 6.07) is 0. The van der Waals surface area contributed by atoms with Crippen molar-refractivity contribution in [2.45, 2.75) is 117 Å². The van der Waals surface area contributed by atoms with E-state index in [2.05, 4.69) is 34.6 Å². The van der Waals surface area contributed by atoms with Crippen LogP contribution < -0.4 is 0 Å². The number of nitro groups is 1. The van der Waals surface area contributed by atoms with E-state index in [1.807, 2.05) is 0 Å². The second-order valence-corrected chi connectivity index (χ2v) is 13.8. The molecule has 0 aliphatic heterocycles. The molecule has 9 atom stereocenters. The lowest BCUT2D eigenvalue weighted by molar-refractivity contribution is -0.550. The Hall–Kier alpha value is -0.310. The fourth-order valence-corrected chi connectivity index (χ4v) is 9.67. The Balaban J connectivity index is 1.47. The number of alkyl halides is 1. The van der Waals surface area contributed by atoms with Gasteiger partial charge < -0.3 is 0 Å². The molecule has 4 aliphatic rings. The maximum Gasteiger partial charge on any atom is 0.295 e. The molecule has 0 spiro atoms. The first-order valence-corrected chi connectivity index (χ1v) is 13.7. The van der Waals surface area contributed by atoms with Gasteiger partial charge in [-0.1, -0.05) is 53.9 Å². The van der Waals surface area contributed by atoms with E-state index in [0.717, 1.165) is 48.3 Å². The van der Waals surface area contributed by atoms with Gasteiger partial charge in [-0.3, -0.25) is 10.1 Å². The first-order chi connectivity index (χ1) is 14.5. The summed E-state index contributed by atoms with van der Waals surface area (Å²) in [6.45, 7) is 12.4. The molecule has 0 aromatic rings.